The lowest BCUT2D eigenvalue weighted by atomic mass is 10.2. The van der Waals surface area contributed by atoms with Crippen molar-refractivity contribution in [2.45, 2.75) is 37.8 Å². The van der Waals surface area contributed by atoms with Gasteiger partial charge in [0, 0.05) is 38.7 Å². The number of rotatable bonds is 6. The van der Waals surface area contributed by atoms with Gasteiger partial charge in [-0.15, -0.1) is 0 Å². The van der Waals surface area contributed by atoms with Gasteiger partial charge in [0.1, 0.15) is 11.9 Å². The summed E-state index contributed by atoms with van der Waals surface area (Å²) in [6.45, 7) is 2.09. The molecule has 2 N–H and O–H groups in total. The highest BCUT2D eigenvalue weighted by Crippen LogP contribution is 2.31. The van der Waals surface area contributed by atoms with Gasteiger partial charge in [0.05, 0.1) is 24.2 Å². The van der Waals surface area contributed by atoms with E-state index in [2.05, 4.69) is 25.6 Å². The second kappa shape index (κ2) is 10.6. The molecule has 3 aromatic rings. The fraction of sp³-hybridized carbons (Fsp3) is 0.458. The molecule has 1 saturated carbocycles. The van der Waals surface area contributed by atoms with E-state index in [0.29, 0.717) is 62.5 Å². The van der Waals surface area contributed by atoms with Gasteiger partial charge in [0.15, 0.2) is 5.82 Å². The van der Waals surface area contributed by atoms with E-state index < -0.39 is 24.1 Å². The standard InChI is InChI=1S/C24H27F2N7O4/c1-27-22(34)23(35)28-14-6-7-15(12-14)37-19-13-18(30-24(31-19)32-8-10-36-11-9-32)33-17-5-3-2-4-16(17)29-21(33)20(25)26/h2-5,13-15,20H,6-12H2,1H3,(H,27,34)(H,28,35)/t14-,15-/m0/s1. The third kappa shape index (κ3) is 5.31. The van der Waals surface area contributed by atoms with Gasteiger partial charge >= 0.3 is 11.8 Å². The summed E-state index contributed by atoms with van der Waals surface area (Å²) in [7, 11) is 1.39. The molecule has 1 aliphatic carbocycles. The van der Waals surface area contributed by atoms with Gasteiger partial charge in [-0.25, -0.2) is 13.8 Å². The Morgan fingerprint density at radius 3 is 2.65 bits per heavy atom. The van der Waals surface area contributed by atoms with E-state index in [1.807, 2.05) is 4.90 Å². The lowest BCUT2D eigenvalue weighted by Crippen LogP contribution is -2.42. The van der Waals surface area contributed by atoms with Crippen molar-refractivity contribution in [1.82, 2.24) is 30.2 Å². The van der Waals surface area contributed by atoms with Crippen LogP contribution in [0.15, 0.2) is 30.3 Å². The minimum absolute atomic E-state index is 0.220. The Morgan fingerprint density at radius 2 is 1.89 bits per heavy atom. The monoisotopic (exact) mass is 515 g/mol. The van der Waals surface area contributed by atoms with Crippen molar-refractivity contribution in [3.63, 3.8) is 0 Å². The van der Waals surface area contributed by atoms with Crippen molar-refractivity contribution >= 4 is 28.8 Å². The highest BCUT2D eigenvalue weighted by atomic mass is 19.3. The molecular formula is C24H27F2N7O4. The number of hydrogen-bond acceptors (Lipinski definition) is 8. The molecule has 0 spiro atoms. The van der Waals surface area contributed by atoms with E-state index >= 15 is 0 Å². The number of aromatic nitrogens is 4. The molecule has 37 heavy (non-hydrogen) atoms. The highest BCUT2D eigenvalue weighted by Gasteiger charge is 2.30. The van der Waals surface area contributed by atoms with Crippen LogP contribution in [0.4, 0.5) is 14.7 Å². The number of nitrogens with zero attached hydrogens (tertiary/aromatic N) is 5. The lowest BCUT2D eigenvalue weighted by Gasteiger charge is -2.27. The van der Waals surface area contributed by atoms with Crippen LogP contribution in [0.2, 0.25) is 0 Å². The van der Waals surface area contributed by atoms with Crippen LogP contribution in [-0.2, 0) is 14.3 Å². The smallest absolute Gasteiger partial charge is 0.309 e. The number of likely N-dealkylation sites (N-methyl/N-ethyl adjacent to an activating group) is 1. The van der Waals surface area contributed by atoms with Crippen LogP contribution in [0.5, 0.6) is 5.88 Å². The fourth-order valence-corrected chi connectivity index (χ4v) is 4.63. The van der Waals surface area contributed by atoms with E-state index in [4.69, 9.17) is 9.47 Å². The van der Waals surface area contributed by atoms with Crippen LogP contribution >= 0.6 is 0 Å². The van der Waals surface area contributed by atoms with Crippen molar-refractivity contribution in [2.24, 2.45) is 0 Å². The van der Waals surface area contributed by atoms with Crippen molar-refractivity contribution in [3.8, 4) is 11.7 Å². The number of anilines is 1. The second-order valence-corrected chi connectivity index (χ2v) is 8.86. The molecule has 196 valence electrons. The molecule has 11 nitrogen and oxygen atoms in total. The maximum absolute atomic E-state index is 14.0. The number of carbonyl (C=O) groups is 2. The quantitative estimate of drug-likeness (QED) is 0.476. The largest absolute Gasteiger partial charge is 0.474 e. The summed E-state index contributed by atoms with van der Waals surface area (Å²) in [6, 6.07) is 8.18. The molecule has 1 aromatic carbocycles. The van der Waals surface area contributed by atoms with Crippen LogP contribution in [0.1, 0.15) is 31.5 Å². The van der Waals surface area contributed by atoms with Crippen LogP contribution in [0, 0.1) is 0 Å². The average Bonchev–Trinajstić information content (AvgIpc) is 3.52. The zero-order valence-electron chi connectivity index (χ0n) is 20.2. The summed E-state index contributed by atoms with van der Waals surface area (Å²) >= 11 is 0. The summed E-state index contributed by atoms with van der Waals surface area (Å²) in [6.07, 6.45) is -1.38. The number of ether oxygens (including phenoxy) is 2. The van der Waals surface area contributed by atoms with Crippen LogP contribution < -0.4 is 20.3 Å². The molecule has 3 heterocycles. The van der Waals surface area contributed by atoms with Crippen molar-refractivity contribution < 1.29 is 27.8 Å². The molecule has 1 saturated heterocycles. The first kappa shape index (κ1) is 24.8. The van der Waals surface area contributed by atoms with Crippen LogP contribution in [-0.4, -0.2) is 76.8 Å². The zero-order valence-corrected chi connectivity index (χ0v) is 20.2. The molecular weight excluding hydrogens is 488 g/mol. The molecule has 2 amide bonds. The molecule has 5 rings (SSSR count). The van der Waals surface area contributed by atoms with E-state index in [-0.39, 0.29) is 23.8 Å². The Morgan fingerprint density at radius 1 is 1.11 bits per heavy atom. The van der Waals surface area contributed by atoms with E-state index in [0.717, 1.165) is 0 Å². The molecule has 2 atom stereocenters. The number of imidazole rings is 1. The van der Waals surface area contributed by atoms with E-state index in [1.165, 1.54) is 17.7 Å². The van der Waals surface area contributed by atoms with E-state index in [1.54, 1.807) is 24.3 Å². The third-order valence-corrected chi connectivity index (χ3v) is 6.42. The SMILES string of the molecule is CNC(=O)C(=O)N[C@H]1CC[C@H](Oc2cc(-n3c(C(F)F)nc4ccccc43)nc(N3CCOCC3)n2)C1. The molecule has 0 unspecified atom stereocenters. The molecule has 2 fully saturated rings. The van der Waals surface area contributed by atoms with Crippen molar-refractivity contribution in [1.29, 1.82) is 0 Å². The molecule has 13 heteroatoms. The minimum Gasteiger partial charge on any atom is -0.474 e. The Balaban J connectivity index is 1.46. The van der Waals surface area contributed by atoms with Gasteiger partial charge in [-0.2, -0.15) is 9.97 Å². The van der Waals surface area contributed by atoms with E-state index in [9.17, 15) is 18.4 Å². The predicted molar refractivity (Wildman–Crippen MR) is 129 cm³/mol. The first-order chi connectivity index (χ1) is 17.9. The summed E-state index contributed by atoms with van der Waals surface area (Å²) in [5, 5.41) is 5.00. The summed E-state index contributed by atoms with van der Waals surface area (Å²) < 4.78 is 41.0. The molecule has 2 aliphatic rings. The fourth-order valence-electron chi connectivity index (χ4n) is 4.63. The van der Waals surface area contributed by atoms with Gasteiger partial charge in [-0.1, -0.05) is 12.1 Å². The normalized spacial score (nSPS) is 19.8. The predicted octanol–water partition coefficient (Wildman–Crippen LogP) is 1.75. The van der Waals surface area contributed by atoms with Crippen LogP contribution in [0.3, 0.4) is 0 Å². The highest BCUT2D eigenvalue weighted by molar-refractivity contribution is 6.35. The number of benzene rings is 1. The van der Waals surface area contributed by atoms with Gasteiger partial charge < -0.3 is 25.0 Å². The number of carbonyl (C=O) groups excluding carboxylic acids is 2. The average molecular weight is 516 g/mol. The number of hydrogen-bond donors (Lipinski definition) is 2. The van der Waals surface area contributed by atoms with Gasteiger partial charge in [0.25, 0.3) is 6.43 Å². The number of halogens is 2. The number of para-hydroxylation sites is 2. The number of nitrogens with one attached hydrogen (secondary N) is 2. The number of amides is 2. The van der Waals surface area contributed by atoms with Gasteiger partial charge in [-0.05, 0) is 25.0 Å². The summed E-state index contributed by atoms with van der Waals surface area (Å²) in [4.78, 5) is 38.7. The number of alkyl halides is 2. The minimum atomic E-state index is -2.82. The van der Waals surface area contributed by atoms with Crippen LogP contribution in [0.25, 0.3) is 16.9 Å². The number of morpholine rings is 1. The van der Waals surface area contributed by atoms with Gasteiger partial charge in [-0.3, -0.25) is 14.2 Å². The molecule has 2 aromatic heterocycles. The molecule has 0 bridgehead atoms. The Hall–Kier alpha value is -3.87. The maximum atomic E-state index is 14.0. The topological polar surface area (TPSA) is 124 Å². The Labute approximate surface area is 211 Å². The molecule has 1 aliphatic heterocycles. The summed E-state index contributed by atoms with van der Waals surface area (Å²) in [5.74, 6) is -1.03. The Bertz CT molecular complexity index is 1300. The Kier molecular flexibility index (Phi) is 7.12. The van der Waals surface area contributed by atoms with Gasteiger partial charge in [0.2, 0.25) is 11.8 Å². The first-order valence-electron chi connectivity index (χ1n) is 12.1. The van der Waals surface area contributed by atoms with Crippen molar-refractivity contribution in [2.75, 3.05) is 38.3 Å². The molecule has 0 radical (unpaired) electrons. The number of fused-ring (bicyclic) bond motifs is 1. The maximum Gasteiger partial charge on any atom is 0.309 e. The third-order valence-electron chi connectivity index (χ3n) is 6.42. The lowest BCUT2D eigenvalue weighted by molar-refractivity contribution is -0.139. The summed E-state index contributed by atoms with van der Waals surface area (Å²) in [5.41, 5.74) is 0.922. The zero-order chi connectivity index (χ0) is 25.9. The second-order valence-electron chi connectivity index (χ2n) is 8.86. The first-order valence-corrected chi connectivity index (χ1v) is 12.1. The van der Waals surface area contributed by atoms with Crippen molar-refractivity contribution in [3.05, 3.63) is 36.2 Å².